The zero-order chi connectivity index (χ0) is 13.7. The van der Waals surface area contributed by atoms with Gasteiger partial charge in [0.2, 0.25) is 10.0 Å². The van der Waals surface area contributed by atoms with Gasteiger partial charge < -0.3 is 5.73 Å². The predicted octanol–water partition coefficient (Wildman–Crippen LogP) is 2.00. The van der Waals surface area contributed by atoms with Crippen molar-refractivity contribution in [3.8, 4) is 0 Å². The third kappa shape index (κ3) is 4.72. The number of nitrogens with two attached hydrogens (primary N) is 1. The van der Waals surface area contributed by atoms with Gasteiger partial charge in [-0.05, 0) is 31.1 Å². The minimum absolute atomic E-state index is 0.0494. The van der Waals surface area contributed by atoms with Crippen LogP contribution in [0.3, 0.4) is 0 Å². The Morgan fingerprint density at radius 2 is 1.74 bits per heavy atom. The molecule has 1 unspecified atom stereocenters. The standard InChI is InChI=1S/C14H28N2O2S/c15-11-14(13-7-2-1-3-8-13)16-19(17,18)10-9-12-5-4-6-12/h12-14,16H,1-11,15H2. The number of hydrogen-bond donors (Lipinski definition) is 2. The Morgan fingerprint density at radius 1 is 1.05 bits per heavy atom. The molecule has 4 nitrogen and oxygen atoms in total. The first kappa shape index (κ1) is 15.3. The van der Waals surface area contributed by atoms with Gasteiger partial charge in [-0.15, -0.1) is 0 Å². The smallest absolute Gasteiger partial charge is 0.211 e. The highest BCUT2D eigenvalue weighted by Gasteiger charge is 2.27. The molecule has 3 N–H and O–H groups in total. The Hall–Kier alpha value is -0.130. The first-order valence-electron chi connectivity index (χ1n) is 7.81. The van der Waals surface area contributed by atoms with Gasteiger partial charge in [0, 0.05) is 12.6 Å². The average molecular weight is 288 g/mol. The van der Waals surface area contributed by atoms with Gasteiger partial charge >= 0.3 is 0 Å². The highest BCUT2D eigenvalue weighted by Crippen LogP contribution is 2.30. The molecule has 0 saturated heterocycles. The summed E-state index contributed by atoms with van der Waals surface area (Å²) < 4.78 is 27.1. The van der Waals surface area contributed by atoms with E-state index in [1.165, 1.54) is 38.5 Å². The second-order valence-corrected chi connectivity index (χ2v) is 8.14. The summed E-state index contributed by atoms with van der Waals surface area (Å²) in [6.07, 6.45) is 10.4. The average Bonchev–Trinajstić information content (AvgIpc) is 2.35. The molecule has 0 aromatic heterocycles. The topological polar surface area (TPSA) is 72.2 Å². The molecule has 2 fully saturated rings. The fourth-order valence-electron chi connectivity index (χ4n) is 3.27. The van der Waals surface area contributed by atoms with E-state index in [1.54, 1.807) is 0 Å². The summed E-state index contributed by atoms with van der Waals surface area (Å²) in [6.45, 7) is 0.424. The molecule has 1 atom stereocenters. The largest absolute Gasteiger partial charge is 0.329 e. The Kier molecular flexibility index (Phi) is 5.66. The van der Waals surface area contributed by atoms with Crippen LogP contribution in [0.2, 0.25) is 0 Å². The molecule has 0 spiro atoms. The van der Waals surface area contributed by atoms with Crippen molar-refractivity contribution in [1.29, 1.82) is 0 Å². The molecular formula is C14H28N2O2S. The monoisotopic (exact) mass is 288 g/mol. The molecule has 0 radical (unpaired) electrons. The predicted molar refractivity (Wildman–Crippen MR) is 78.3 cm³/mol. The van der Waals surface area contributed by atoms with Crippen LogP contribution in [0.15, 0.2) is 0 Å². The summed E-state index contributed by atoms with van der Waals surface area (Å²) in [5, 5.41) is 0. The maximum atomic E-state index is 12.1. The second kappa shape index (κ2) is 7.04. The third-order valence-electron chi connectivity index (χ3n) is 4.82. The normalized spacial score (nSPS) is 24.1. The third-order valence-corrected chi connectivity index (χ3v) is 6.26. The zero-order valence-corrected chi connectivity index (χ0v) is 12.6. The van der Waals surface area contributed by atoms with Crippen molar-refractivity contribution >= 4 is 10.0 Å². The maximum absolute atomic E-state index is 12.1. The summed E-state index contributed by atoms with van der Waals surface area (Å²) in [4.78, 5) is 0. The molecule has 112 valence electrons. The van der Waals surface area contributed by atoms with Crippen LogP contribution in [0.4, 0.5) is 0 Å². The summed E-state index contributed by atoms with van der Waals surface area (Å²) in [5.74, 6) is 1.36. The summed E-state index contributed by atoms with van der Waals surface area (Å²) in [6, 6.07) is -0.0494. The van der Waals surface area contributed by atoms with Crippen LogP contribution in [-0.4, -0.2) is 26.8 Å². The Morgan fingerprint density at radius 3 is 2.26 bits per heavy atom. The molecule has 0 heterocycles. The maximum Gasteiger partial charge on any atom is 0.211 e. The fraction of sp³-hybridized carbons (Fsp3) is 1.00. The molecule has 0 bridgehead atoms. The minimum Gasteiger partial charge on any atom is -0.329 e. The molecule has 19 heavy (non-hydrogen) atoms. The molecule has 2 rings (SSSR count). The number of sulfonamides is 1. The number of hydrogen-bond acceptors (Lipinski definition) is 3. The van der Waals surface area contributed by atoms with Gasteiger partial charge in [0.05, 0.1) is 5.75 Å². The Balaban J connectivity index is 1.81. The van der Waals surface area contributed by atoms with Crippen molar-refractivity contribution in [2.45, 2.75) is 63.8 Å². The molecule has 2 aliphatic rings. The van der Waals surface area contributed by atoms with Gasteiger partial charge in [0.25, 0.3) is 0 Å². The quantitative estimate of drug-likeness (QED) is 0.752. The van der Waals surface area contributed by atoms with Crippen molar-refractivity contribution < 1.29 is 8.42 Å². The van der Waals surface area contributed by atoms with Gasteiger partial charge in [-0.25, -0.2) is 13.1 Å². The van der Waals surface area contributed by atoms with E-state index in [4.69, 9.17) is 5.73 Å². The van der Waals surface area contributed by atoms with E-state index in [0.29, 0.717) is 18.4 Å². The van der Waals surface area contributed by atoms with E-state index >= 15 is 0 Å². The molecule has 0 amide bonds. The zero-order valence-electron chi connectivity index (χ0n) is 11.8. The minimum atomic E-state index is -3.14. The van der Waals surface area contributed by atoms with Crippen molar-refractivity contribution in [1.82, 2.24) is 4.72 Å². The van der Waals surface area contributed by atoms with E-state index < -0.39 is 10.0 Å². The lowest BCUT2D eigenvalue weighted by atomic mass is 9.84. The molecule has 5 heteroatoms. The molecular weight excluding hydrogens is 260 g/mol. The number of nitrogens with one attached hydrogen (secondary N) is 1. The van der Waals surface area contributed by atoms with Crippen molar-refractivity contribution in [3.63, 3.8) is 0 Å². The lowest BCUT2D eigenvalue weighted by Gasteiger charge is -2.30. The Bertz CT molecular complexity index is 360. The van der Waals surface area contributed by atoms with E-state index in [1.807, 2.05) is 0 Å². The highest BCUT2D eigenvalue weighted by molar-refractivity contribution is 7.89. The van der Waals surface area contributed by atoms with E-state index in [2.05, 4.69) is 4.72 Å². The van der Waals surface area contributed by atoms with Gasteiger partial charge in [-0.3, -0.25) is 0 Å². The van der Waals surface area contributed by atoms with Crippen molar-refractivity contribution in [2.75, 3.05) is 12.3 Å². The van der Waals surface area contributed by atoms with Crippen LogP contribution < -0.4 is 10.5 Å². The lowest BCUT2D eigenvalue weighted by molar-refractivity contribution is 0.291. The molecule has 0 aliphatic heterocycles. The van der Waals surface area contributed by atoms with E-state index in [-0.39, 0.29) is 11.8 Å². The summed E-state index contributed by atoms with van der Waals surface area (Å²) in [5.41, 5.74) is 5.78. The van der Waals surface area contributed by atoms with Crippen LogP contribution in [0, 0.1) is 11.8 Å². The first-order valence-corrected chi connectivity index (χ1v) is 9.46. The van der Waals surface area contributed by atoms with Gasteiger partial charge in [-0.2, -0.15) is 0 Å². The van der Waals surface area contributed by atoms with E-state index in [9.17, 15) is 8.42 Å². The van der Waals surface area contributed by atoms with Crippen molar-refractivity contribution in [2.24, 2.45) is 17.6 Å². The SMILES string of the molecule is NCC(NS(=O)(=O)CCC1CCC1)C1CCCCC1. The highest BCUT2D eigenvalue weighted by atomic mass is 32.2. The van der Waals surface area contributed by atoms with Crippen LogP contribution in [0.5, 0.6) is 0 Å². The van der Waals surface area contributed by atoms with Gasteiger partial charge in [0.15, 0.2) is 0 Å². The molecule has 0 aromatic rings. The first-order chi connectivity index (χ1) is 9.11. The summed E-state index contributed by atoms with van der Waals surface area (Å²) >= 11 is 0. The van der Waals surface area contributed by atoms with Gasteiger partial charge in [-0.1, -0.05) is 38.5 Å². The van der Waals surface area contributed by atoms with Crippen LogP contribution >= 0.6 is 0 Å². The van der Waals surface area contributed by atoms with Gasteiger partial charge in [0.1, 0.15) is 0 Å². The molecule has 2 aliphatic carbocycles. The Labute approximate surface area is 117 Å². The van der Waals surface area contributed by atoms with Crippen LogP contribution in [0.25, 0.3) is 0 Å². The van der Waals surface area contributed by atoms with Crippen LogP contribution in [-0.2, 0) is 10.0 Å². The fourth-order valence-corrected chi connectivity index (χ4v) is 4.78. The van der Waals surface area contributed by atoms with Crippen LogP contribution in [0.1, 0.15) is 57.8 Å². The second-order valence-electron chi connectivity index (χ2n) is 6.26. The van der Waals surface area contributed by atoms with E-state index in [0.717, 1.165) is 19.3 Å². The molecule has 2 saturated carbocycles. The van der Waals surface area contributed by atoms with Crippen molar-refractivity contribution in [3.05, 3.63) is 0 Å². The summed E-state index contributed by atoms with van der Waals surface area (Å²) in [7, 11) is -3.14. The number of rotatable bonds is 7. The molecule has 0 aromatic carbocycles. The lowest BCUT2D eigenvalue weighted by Crippen LogP contribution is -2.46.